The third-order valence-corrected chi connectivity index (χ3v) is 3.10. The van der Waals surface area contributed by atoms with E-state index in [1.165, 1.54) is 0 Å². The summed E-state index contributed by atoms with van der Waals surface area (Å²) in [6.45, 7) is -0.0908. The summed E-state index contributed by atoms with van der Waals surface area (Å²) in [5, 5.41) is 23.9. The van der Waals surface area contributed by atoms with Crippen LogP contribution in [-0.4, -0.2) is 41.4 Å². The minimum absolute atomic E-state index is 0.0925. The highest BCUT2D eigenvalue weighted by Crippen LogP contribution is 2.21. The first-order valence-electron chi connectivity index (χ1n) is 6.12. The molecule has 0 spiro atoms. The highest BCUT2D eigenvalue weighted by atomic mass is 16.3. The van der Waals surface area contributed by atoms with Crippen molar-refractivity contribution in [2.24, 2.45) is 0 Å². The number of fused-ring (bicyclic) bond motifs is 1. The normalized spacial score (nSPS) is 20.8. The number of hydrogen-bond acceptors (Lipinski definition) is 4. The number of amides is 1. The maximum atomic E-state index is 12.0. The van der Waals surface area contributed by atoms with E-state index in [-0.39, 0.29) is 25.1 Å². The highest BCUT2D eigenvalue weighted by molar-refractivity contribution is 5.96. The average molecular weight is 250 g/mol. The van der Waals surface area contributed by atoms with Gasteiger partial charge in [0.15, 0.2) is 0 Å². The lowest BCUT2D eigenvalue weighted by atomic mass is 10.1. The van der Waals surface area contributed by atoms with Crippen LogP contribution in [-0.2, 0) is 11.2 Å². The van der Waals surface area contributed by atoms with Gasteiger partial charge in [0.2, 0.25) is 5.91 Å². The lowest BCUT2D eigenvalue weighted by Gasteiger charge is -2.16. The standard InChI is InChI=1S/C13H18N2O3/c16-8-10(17)7-14-12-6-5-9-3-1-2-4-11(9)15-13(12)18/h1-4,10,12,14,16-17H,5-8H2,(H,15,18). The van der Waals surface area contributed by atoms with Crippen LogP contribution in [0.2, 0.25) is 0 Å². The number of benzene rings is 1. The Labute approximate surface area is 106 Å². The van der Waals surface area contributed by atoms with Crippen LogP contribution < -0.4 is 10.6 Å². The summed E-state index contributed by atoms with van der Waals surface area (Å²) >= 11 is 0. The molecule has 0 saturated heterocycles. The van der Waals surface area contributed by atoms with Crippen molar-refractivity contribution in [1.29, 1.82) is 0 Å². The predicted octanol–water partition coefficient (Wildman–Crippen LogP) is -0.117. The van der Waals surface area contributed by atoms with E-state index < -0.39 is 6.10 Å². The lowest BCUT2D eigenvalue weighted by molar-refractivity contribution is -0.118. The van der Waals surface area contributed by atoms with E-state index in [2.05, 4.69) is 10.6 Å². The van der Waals surface area contributed by atoms with Crippen molar-refractivity contribution < 1.29 is 15.0 Å². The van der Waals surface area contributed by atoms with Crippen LogP contribution >= 0.6 is 0 Å². The van der Waals surface area contributed by atoms with Gasteiger partial charge in [-0.05, 0) is 24.5 Å². The summed E-state index contributed by atoms with van der Waals surface area (Å²) in [5.74, 6) is -0.0925. The molecule has 98 valence electrons. The first kappa shape index (κ1) is 13.0. The molecule has 0 radical (unpaired) electrons. The van der Waals surface area contributed by atoms with Gasteiger partial charge in [0.25, 0.3) is 0 Å². The van der Waals surface area contributed by atoms with Gasteiger partial charge >= 0.3 is 0 Å². The maximum Gasteiger partial charge on any atom is 0.241 e. The molecule has 1 aromatic carbocycles. The summed E-state index contributed by atoms with van der Waals surface area (Å²) < 4.78 is 0. The van der Waals surface area contributed by atoms with Gasteiger partial charge in [0.1, 0.15) is 0 Å². The Morgan fingerprint density at radius 1 is 1.44 bits per heavy atom. The molecule has 18 heavy (non-hydrogen) atoms. The number of nitrogens with one attached hydrogen (secondary N) is 2. The van der Waals surface area contributed by atoms with Crippen LogP contribution in [0.5, 0.6) is 0 Å². The summed E-state index contributed by atoms with van der Waals surface area (Å²) in [7, 11) is 0. The molecule has 0 aromatic heterocycles. The molecule has 0 aliphatic carbocycles. The number of hydrogen-bond donors (Lipinski definition) is 4. The van der Waals surface area contributed by atoms with Crippen LogP contribution in [0, 0.1) is 0 Å². The molecule has 5 nitrogen and oxygen atoms in total. The van der Waals surface area contributed by atoms with E-state index in [0.29, 0.717) is 6.42 Å². The van der Waals surface area contributed by atoms with Gasteiger partial charge in [-0.25, -0.2) is 0 Å². The van der Waals surface area contributed by atoms with Crippen LogP contribution in [0.25, 0.3) is 0 Å². The molecule has 2 atom stereocenters. The number of carbonyl (C=O) groups excluding carboxylic acids is 1. The number of aliphatic hydroxyl groups is 2. The predicted molar refractivity (Wildman–Crippen MR) is 68.3 cm³/mol. The van der Waals surface area contributed by atoms with E-state index >= 15 is 0 Å². The highest BCUT2D eigenvalue weighted by Gasteiger charge is 2.23. The van der Waals surface area contributed by atoms with Gasteiger partial charge in [0, 0.05) is 12.2 Å². The van der Waals surface area contributed by atoms with Gasteiger partial charge in [0.05, 0.1) is 18.8 Å². The van der Waals surface area contributed by atoms with Crippen molar-refractivity contribution in [1.82, 2.24) is 5.32 Å². The minimum atomic E-state index is -0.830. The van der Waals surface area contributed by atoms with E-state index in [4.69, 9.17) is 5.11 Å². The molecule has 0 fully saturated rings. The Morgan fingerprint density at radius 2 is 2.22 bits per heavy atom. The fourth-order valence-electron chi connectivity index (χ4n) is 2.05. The molecule has 2 rings (SSSR count). The summed E-state index contributed by atoms with van der Waals surface area (Å²) in [4.78, 5) is 12.0. The topological polar surface area (TPSA) is 81.6 Å². The Kier molecular flexibility index (Phi) is 4.30. The van der Waals surface area contributed by atoms with Crippen molar-refractivity contribution >= 4 is 11.6 Å². The second kappa shape index (κ2) is 5.95. The molecule has 5 heteroatoms. The number of para-hydroxylation sites is 1. The quantitative estimate of drug-likeness (QED) is 0.600. The van der Waals surface area contributed by atoms with Crippen molar-refractivity contribution in [2.45, 2.75) is 25.0 Å². The van der Waals surface area contributed by atoms with Crippen molar-refractivity contribution in [3.8, 4) is 0 Å². The first-order chi connectivity index (χ1) is 8.70. The maximum absolute atomic E-state index is 12.0. The zero-order valence-corrected chi connectivity index (χ0v) is 10.1. The third-order valence-electron chi connectivity index (χ3n) is 3.10. The summed E-state index contributed by atoms with van der Waals surface area (Å²) in [6.07, 6.45) is 0.659. The SMILES string of the molecule is O=C1Nc2ccccc2CCC1NCC(O)CO. The van der Waals surface area contributed by atoms with Gasteiger partial charge in [-0.15, -0.1) is 0 Å². The minimum Gasteiger partial charge on any atom is -0.394 e. The fraction of sp³-hybridized carbons (Fsp3) is 0.462. The molecule has 4 N–H and O–H groups in total. The van der Waals surface area contributed by atoms with Crippen LogP contribution in [0.15, 0.2) is 24.3 Å². The molecule has 1 aromatic rings. The number of anilines is 1. The van der Waals surface area contributed by atoms with Gasteiger partial charge in [-0.2, -0.15) is 0 Å². The Morgan fingerprint density at radius 3 is 3.00 bits per heavy atom. The summed E-state index contributed by atoms with van der Waals surface area (Å²) in [5.41, 5.74) is 1.98. The van der Waals surface area contributed by atoms with E-state index in [1.54, 1.807) is 0 Å². The second-order valence-corrected chi connectivity index (χ2v) is 4.48. The van der Waals surface area contributed by atoms with Gasteiger partial charge < -0.3 is 20.8 Å². The van der Waals surface area contributed by atoms with Crippen LogP contribution in [0.1, 0.15) is 12.0 Å². The van der Waals surface area contributed by atoms with Crippen molar-refractivity contribution in [3.63, 3.8) is 0 Å². The summed E-state index contributed by atoms with van der Waals surface area (Å²) in [6, 6.07) is 7.40. The first-order valence-corrected chi connectivity index (χ1v) is 6.12. The van der Waals surface area contributed by atoms with E-state index in [0.717, 1.165) is 17.7 Å². The van der Waals surface area contributed by atoms with Gasteiger partial charge in [-0.3, -0.25) is 4.79 Å². The number of carbonyl (C=O) groups is 1. The third kappa shape index (κ3) is 3.07. The zero-order valence-electron chi connectivity index (χ0n) is 10.1. The lowest BCUT2D eigenvalue weighted by Crippen LogP contribution is -2.43. The molecule has 1 aliphatic rings. The molecule has 1 heterocycles. The van der Waals surface area contributed by atoms with E-state index in [9.17, 15) is 9.90 Å². The molecule has 0 bridgehead atoms. The molecule has 2 unspecified atom stereocenters. The number of aryl methyl sites for hydroxylation is 1. The molecular formula is C13H18N2O3. The van der Waals surface area contributed by atoms with Crippen molar-refractivity contribution in [3.05, 3.63) is 29.8 Å². The smallest absolute Gasteiger partial charge is 0.241 e. The monoisotopic (exact) mass is 250 g/mol. The molecule has 1 aliphatic heterocycles. The Balaban J connectivity index is 1.99. The zero-order chi connectivity index (χ0) is 13.0. The van der Waals surface area contributed by atoms with E-state index in [1.807, 2.05) is 24.3 Å². The molecule has 1 amide bonds. The molecule has 0 saturated carbocycles. The fourth-order valence-corrected chi connectivity index (χ4v) is 2.05. The largest absolute Gasteiger partial charge is 0.394 e. The van der Waals surface area contributed by atoms with Crippen molar-refractivity contribution in [2.75, 3.05) is 18.5 Å². The average Bonchev–Trinajstić information content (AvgIpc) is 2.54. The Bertz CT molecular complexity index is 422. The number of rotatable bonds is 4. The Hall–Kier alpha value is -1.43. The van der Waals surface area contributed by atoms with Crippen LogP contribution in [0.4, 0.5) is 5.69 Å². The van der Waals surface area contributed by atoms with Crippen LogP contribution in [0.3, 0.4) is 0 Å². The molecular weight excluding hydrogens is 232 g/mol. The second-order valence-electron chi connectivity index (χ2n) is 4.48. The number of aliphatic hydroxyl groups excluding tert-OH is 2. The van der Waals surface area contributed by atoms with Gasteiger partial charge in [-0.1, -0.05) is 18.2 Å².